The topological polar surface area (TPSA) is 141 Å². The molecule has 0 radical (unpaired) electrons. The van der Waals surface area contributed by atoms with E-state index in [0.717, 1.165) is 51.0 Å². The molecule has 0 fully saturated rings. The number of fused-ring (bicyclic) bond motifs is 2. The van der Waals surface area contributed by atoms with Crippen molar-refractivity contribution in [3.63, 3.8) is 0 Å². The fourth-order valence-corrected chi connectivity index (χ4v) is 14.7. The summed E-state index contributed by atoms with van der Waals surface area (Å²) in [5.74, 6) is -1.46. The first-order chi connectivity index (χ1) is 51.0. The number of nitrogens with zero attached hydrogens (tertiary/aromatic N) is 3. The van der Waals surface area contributed by atoms with Crippen molar-refractivity contribution in [1.29, 1.82) is 0 Å². The minimum absolute atomic E-state index is 0.00420. The molecule has 109 heavy (non-hydrogen) atoms. The first-order valence-corrected chi connectivity index (χ1v) is 36.4. The van der Waals surface area contributed by atoms with Crippen LogP contribution in [0.2, 0.25) is 0 Å². The molecular formula is C88H86BF8N3O9. The Labute approximate surface area is 627 Å². The summed E-state index contributed by atoms with van der Waals surface area (Å²) in [5, 5.41) is 0.743. The zero-order chi connectivity index (χ0) is 79.4. The summed E-state index contributed by atoms with van der Waals surface area (Å²) >= 11 is 0. The highest BCUT2D eigenvalue weighted by atomic mass is 19.4. The van der Waals surface area contributed by atoms with Crippen molar-refractivity contribution < 1.29 is 68.0 Å². The number of hydrogen-bond donors (Lipinski definition) is 0. The predicted octanol–water partition coefficient (Wildman–Crippen LogP) is 22.3. The maximum Gasteiger partial charge on any atom is 0.677 e. The van der Waals surface area contributed by atoms with Crippen LogP contribution in [0.15, 0.2) is 169 Å². The zero-order valence-corrected chi connectivity index (χ0v) is 64.4. The number of aromatic nitrogens is 2. The largest absolute Gasteiger partial charge is 0.677 e. The molecule has 566 valence electrons. The van der Waals surface area contributed by atoms with Gasteiger partial charge in [0.1, 0.15) is 16.9 Å². The maximum absolute atomic E-state index is 17.1. The van der Waals surface area contributed by atoms with E-state index in [-0.39, 0.29) is 126 Å². The summed E-state index contributed by atoms with van der Waals surface area (Å²) in [7, 11) is -3.29. The molecule has 11 aromatic rings. The Morgan fingerprint density at radius 2 is 0.972 bits per heavy atom. The molecule has 21 heteroatoms. The summed E-state index contributed by atoms with van der Waals surface area (Å²) in [6.45, 7) is 34.0. The van der Waals surface area contributed by atoms with Gasteiger partial charge in [0.2, 0.25) is 0 Å². The number of allylic oxidation sites excluding steroid dienone is 1. The van der Waals surface area contributed by atoms with Crippen molar-refractivity contribution in [2.24, 2.45) is 4.99 Å². The fraction of sp³-hybridized carbons (Fsp3) is 0.330. The number of pyridine rings is 1. The second kappa shape index (κ2) is 28.5. The Kier molecular flexibility index (Phi) is 20.4. The SMILES string of the molecule is CCOC(=O)C1=C(C)/C(=C(\c2c(-c3cc(C(C)(C)C)cc(C(C)(C)C)c3)cc(OCOn3c(=O)c4cc(-c5ccc(C(F)(F)F)cc5)c5oc6ccccc6c6c(-c7ccc(C(F)(F)F)cc7)cc(c3=O)c4c56)cc2-c2cc(C(C)(C)C)cc(C(C)(C)C)c2)c2c(C)c(C(=O)OCC)c(CC)n2B(F)F)N=C1CC. The van der Waals surface area contributed by atoms with Crippen molar-refractivity contribution in [2.45, 2.75) is 171 Å². The average molecular weight is 1490 g/mol. The Hall–Kier alpha value is -10.6. The van der Waals surface area contributed by atoms with E-state index >= 15 is 18.2 Å². The molecular weight excluding hydrogens is 1410 g/mol. The number of alkyl halides is 6. The lowest BCUT2D eigenvalue weighted by Crippen LogP contribution is -2.39. The number of benzene rings is 8. The smallest absolute Gasteiger partial charge is 0.462 e. The molecule has 8 aromatic carbocycles. The lowest BCUT2D eigenvalue weighted by molar-refractivity contribution is -0.138. The van der Waals surface area contributed by atoms with E-state index in [1.807, 2.05) is 31.2 Å². The second-order valence-electron chi connectivity index (χ2n) is 31.8. The van der Waals surface area contributed by atoms with Gasteiger partial charge in [-0.15, -0.1) is 0 Å². The van der Waals surface area contributed by atoms with Crippen LogP contribution < -0.4 is 20.7 Å². The second-order valence-corrected chi connectivity index (χ2v) is 31.8. The molecule has 3 aromatic heterocycles. The highest BCUT2D eigenvalue weighted by molar-refractivity contribution is 6.42. The first kappa shape index (κ1) is 78.0. The molecule has 0 N–H and O–H groups in total. The summed E-state index contributed by atoms with van der Waals surface area (Å²) in [6.07, 6.45) is -9.30. The molecule has 1 aliphatic rings. The third-order valence-electron chi connectivity index (χ3n) is 20.4. The Morgan fingerprint density at radius 1 is 0.505 bits per heavy atom. The number of hydrogen-bond acceptors (Lipinski definition) is 10. The van der Waals surface area contributed by atoms with E-state index < -0.39 is 82.4 Å². The van der Waals surface area contributed by atoms with Gasteiger partial charge >= 0.3 is 31.7 Å². The standard InChI is InChI=1S/C88H86BF8N3O9/c1-19-66-69(81(103)105-21-3)46(5)76(98-66)75(77-47(6)70(82(104)106-22-4)67(20-2)99(77)89(96)97)72-60(50-35-54(83(7,8)9)39-55(36-50)84(10,11)12)41-58(42-61(72)51-37-56(85(13,14)15)40-57(38-51)86(16,17)18)107-45-108-100-79(101)64-43-62(48-27-31-52(32-28-48)87(90,91)92)71-59-25-23-24-26-68(59)109-78-63(44-65(80(100)102)73(64)74(71)78)49-29-33-53(34-30-49)88(93,94)95/h23-44H,19-22,45H2,1-18H3/b76-75-. The number of rotatable bonds is 17. The number of carbonyl (C=O) groups is 2. The average Bonchev–Trinajstić information content (AvgIpc) is 1.41. The van der Waals surface area contributed by atoms with Crippen LogP contribution in [0.5, 0.6) is 5.75 Å². The summed E-state index contributed by atoms with van der Waals surface area (Å²) in [5.41, 5.74) is 1.72. The predicted molar refractivity (Wildman–Crippen MR) is 416 cm³/mol. The third-order valence-corrected chi connectivity index (χ3v) is 20.4. The molecule has 4 heterocycles. The van der Waals surface area contributed by atoms with Crippen molar-refractivity contribution >= 4 is 74.1 Å². The number of esters is 2. The molecule has 0 saturated heterocycles. The number of halogens is 8. The van der Waals surface area contributed by atoms with Gasteiger partial charge in [-0.2, -0.15) is 26.3 Å². The van der Waals surface area contributed by atoms with Gasteiger partial charge in [-0.3, -0.25) is 23.2 Å². The Morgan fingerprint density at radius 3 is 1.42 bits per heavy atom. The number of para-hydroxylation sites is 1. The minimum atomic E-state index is -4.73. The van der Waals surface area contributed by atoms with Crippen molar-refractivity contribution in [1.82, 2.24) is 9.21 Å². The zero-order valence-electron chi connectivity index (χ0n) is 64.4. The molecule has 0 amide bonds. The van der Waals surface area contributed by atoms with E-state index in [1.54, 1.807) is 71.0 Å². The monoisotopic (exact) mass is 1490 g/mol. The van der Waals surface area contributed by atoms with Gasteiger partial charge < -0.3 is 27.9 Å². The van der Waals surface area contributed by atoms with Crippen LogP contribution in [0, 0.1) is 6.92 Å². The van der Waals surface area contributed by atoms with Crippen LogP contribution in [-0.4, -0.2) is 54.3 Å². The van der Waals surface area contributed by atoms with E-state index in [0.29, 0.717) is 54.6 Å². The van der Waals surface area contributed by atoms with Crippen LogP contribution in [-0.2, 0) is 54.7 Å². The van der Waals surface area contributed by atoms with Crippen LogP contribution >= 0.6 is 0 Å². The molecule has 1 aliphatic heterocycles. The van der Waals surface area contributed by atoms with Gasteiger partial charge in [0, 0.05) is 49.6 Å². The lowest BCUT2D eigenvalue weighted by Gasteiger charge is -2.29. The van der Waals surface area contributed by atoms with Crippen LogP contribution in [0.1, 0.15) is 190 Å². The summed E-state index contributed by atoms with van der Waals surface area (Å²) in [6, 6.07) is 33.9. The molecule has 12 nitrogen and oxygen atoms in total. The van der Waals surface area contributed by atoms with E-state index in [1.165, 1.54) is 36.4 Å². The number of ether oxygens (including phenoxy) is 3. The van der Waals surface area contributed by atoms with Crippen molar-refractivity contribution in [3.8, 4) is 50.3 Å². The summed E-state index contributed by atoms with van der Waals surface area (Å²) in [4.78, 5) is 72.1. The Balaban J connectivity index is 1.20. The van der Waals surface area contributed by atoms with Crippen LogP contribution in [0.4, 0.5) is 35.0 Å². The quantitative estimate of drug-likeness (QED) is 0.0218. The normalized spacial score (nSPS) is 13.9. The minimum Gasteiger partial charge on any atom is -0.462 e. The molecule has 0 atom stereocenters. The van der Waals surface area contributed by atoms with Gasteiger partial charge in [0.05, 0.1) is 57.7 Å². The maximum atomic E-state index is 17.1. The first-order valence-electron chi connectivity index (χ1n) is 36.4. The van der Waals surface area contributed by atoms with Gasteiger partial charge in [-0.25, -0.2) is 9.59 Å². The van der Waals surface area contributed by atoms with Crippen molar-refractivity contribution in [3.05, 3.63) is 232 Å². The number of carbonyl (C=O) groups excluding carboxylic acids is 2. The van der Waals surface area contributed by atoms with Crippen LogP contribution in [0.25, 0.3) is 93.6 Å². The van der Waals surface area contributed by atoms with Gasteiger partial charge in [0.15, 0.2) is 0 Å². The lowest BCUT2D eigenvalue weighted by atomic mass is 9.76. The van der Waals surface area contributed by atoms with Gasteiger partial charge in [-0.05, 0) is 189 Å². The molecule has 12 rings (SSSR count). The van der Waals surface area contributed by atoms with E-state index in [9.17, 15) is 35.9 Å². The van der Waals surface area contributed by atoms with Gasteiger partial charge in [0.25, 0.3) is 17.9 Å². The molecule has 0 bridgehead atoms. The molecule has 0 saturated carbocycles. The van der Waals surface area contributed by atoms with Crippen LogP contribution in [0.3, 0.4) is 0 Å². The Bertz CT molecular complexity index is 5530. The summed E-state index contributed by atoms with van der Waals surface area (Å²) < 4.78 is 146. The highest BCUT2D eigenvalue weighted by Crippen LogP contribution is 2.52. The molecule has 0 aliphatic carbocycles. The van der Waals surface area contributed by atoms with Crippen molar-refractivity contribution in [2.75, 3.05) is 20.0 Å². The fourth-order valence-electron chi connectivity index (χ4n) is 14.7. The van der Waals surface area contributed by atoms with E-state index in [2.05, 4.69) is 95.2 Å². The molecule has 0 unspecified atom stereocenters. The number of aliphatic imine (C=N–C) groups is 1. The van der Waals surface area contributed by atoms with Gasteiger partial charge in [-0.1, -0.05) is 181 Å². The van der Waals surface area contributed by atoms with E-state index in [4.69, 9.17) is 28.5 Å². The highest BCUT2D eigenvalue weighted by Gasteiger charge is 2.41. The molecule has 0 spiro atoms. The third kappa shape index (κ3) is 14.4.